The number of rotatable bonds is 7. The highest BCUT2D eigenvalue weighted by Gasteiger charge is 2.47. The van der Waals surface area contributed by atoms with Gasteiger partial charge >= 0.3 is 5.97 Å². The minimum absolute atomic E-state index is 0.210. The molecule has 168 valence electrons. The van der Waals surface area contributed by atoms with E-state index in [0.717, 1.165) is 23.0 Å². The number of methoxy groups -OCH3 is 1. The van der Waals surface area contributed by atoms with Crippen LogP contribution in [-0.2, 0) is 14.3 Å². The Morgan fingerprint density at radius 2 is 1.84 bits per heavy atom. The van der Waals surface area contributed by atoms with Gasteiger partial charge in [0.25, 0.3) is 0 Å². The first-order valence-corrected chi connectivity index (χ1v) is 11.0. The summed E-state index contributed by atoms with van der Waals surface area (Å²) in [6.45, 7) is 6.68. The van der Waals surface area contributed by atoms with E-state index in [9.17, 15) is 9.59 Å². The highest BCUT2D eigenvalue weighted by atomic mass is 16.5. The standard InChI is InChI=1S/C25H29N3O4/c1-5-32-24(30)21-22(17-10-12-18(31-4)13-11-17)28-20-9-7-6-8-19(20)26-25(28)27(23(21)29)15-14-16(2)3/h6-13,16,21-22H,5,14-15H2,1-4H3/t21-,22-/m0/s1. The molecule has 2 heterocycles. The molecule has 0 saturated carbocycles. The fraction of sp³-hybridized carbons (Fsp3) is 0.400. The molecular formula is C25H29N3O4. The van der Waals surface area contributed by atoms with E-state index < -0.39 is 17.9 Å². The molecule has 0 radical (unpaired) electrons. The van der Waals surface area contributed by atoms with Gasteiger partial charge in [-0.05, 0) is 49.1 Å². The van der Waals surface area contributed by atoms with Crippen LogP contribution in [0.1, 0.15) is 38.8 Å². The van der Waals surface area contributed by atoms with Crippen LogP contribution in [0.2, 0.25) is 0 Å². The smallest absolute Gasteiger partial charge is 0.321 e. The summed E-state index contributed by atoms with van der Waals surface area (Å²) < 4.78 is 12.7. The van der Waals surface area contributed by atoms with E-state index in [0.29, 0.717) is 24.2 Å². The maximum atomic E-state index is 13.7. The topological polar surface area (TPSA) is 73.7 Å². The number of anilines is 1. The predicted molar refractivity (Wildman–Crippen MR) is 123 cm³/mol. The van der Waals surface area contributed by atoms with Crippen LogP contribution in [-0.4, -0.2) is 41.7 Å². The molecule has 2 atom stereocenters. The molecule has 1 aliphatic rings. The molecule has 0 fully saturated rings. The van der Waals surface area contributed by atoms with Crippen LogP contribution in [0.3, 0.4) is 0 Å². The Hall–Kier alpha value is -3.35. The van der Waals surface area contributed by atoms with Crippen LogP contribution in [0.25, 0.3) is 11.0 Å². The number of amides is 1. The number of hydrogen-bond acceptors (Lipinski definition) is 5. The van der Waals surface area contributed by atoms with Gasteiger partial charge in [-0.3, -0.25) is 14.5 Å². The first-order valence-electron chi connectivity index (χ1n) is 11.0. The molecule has 0 aliphatic carbocycles. The highest BCUT2D eigenvalue weighted by molar-refractivity contribution is 6.08. The van der Waals surface area contributed by atoms with Crippen molar-refractivity contribution in [3.63, 3.8) is 0 Å². The van der Waals surface area contributed by atoms with E-state index >= 15 is 0 Å². The predicted octanol–water partition coefficient (Wildman–Crippen LogP) is 4.21. The third-order valence-electron chi connectivity index (χ3n) is 5.87. The minimum Gasteiger partial charge on any atom is -0.497 e. The Morgan fingerprint density at radius 3 is 2.50 bits per heavy atom. The van der Waals surface area contributed by atoms with Crippen molar-refractivity contribution in [3.05, 3.63) is 54.1 Å². The van der Waals surface area contributed by atoms with Gasteiger partial charge in [-0.2, -0.15) is 0 Å². The summed E-state index contributed by atoms with van der Waals surface area (Å²) in [5.41, 5.74) is 2.48. The molecule has 0 bridgehead atoms. The summed E-state index contributed by atoms with van der Waals surface area (Å²) >= 11 is 0. The van der Waals surface area contributed by atoms with Gasteiger partial charge in [0.2, 0.25) is 11.9 Å². The molecule has 0 saturated heterocycles. The van der Waals surface area contributed by atoms with Crippen LogP contribution < -0.4 is 9.64 Å². The van der Waals surface area contributed by atoms with E-state index in [1.165, 1.54) is 0 Å². The number of nitrogens with zero attached hydrogens (tertiary/aromatic N) is 3. The average molecular weight is 436 g/mol. The van der Waals surface area contributed by atoms with E-state index in [4.69, 9.17) is 14.5 Å². The average Bonchev–Trinajstić information content (AvgIpc) is 3.17. The second-order valence-electron chi connectivity index (χ2n) is 8.39. The van der Waals surface area contributed by atoms with Gasteiger partial charge in [-0.15, -0.1) is 0 Å². The number of carbonyl (C=O) groups is 2. The summed E-state index contributed by atoms with van der Waals surface area (Å²) in [6, 6.07) is 14.7. The molecule has 0 unspecified atom stereocenters. The third-order valence-corrected chi connectivity index (χ3v) is 5.87. The Morgan fingerprint density at radius 1 is 1.12 bits per heavy atom. The van der Waals surface area contributed by atoms with Gasteiger partial charge in [0.1, 0.15) is 5.75 Å². The molecule has 7 nitrogen and oxygen atoms in total. The summed E-state index contributed by atoms with van der Waals surface area (Å²) in [5.74, 6) is -0.110. The van der Waals surface area contributed by atoms with E-state index in [2.05, 4.69) is 13.8 Å². The molecule has 1 aliphatic heterocycles. The number of fused-ring (bicyclic) bond motifs is 3. The van der Waals surface area contributed by atoms with Gasteiger partial charge in [0.05, 0.1) is 30.8 Å². The Bertz CT molecular complexity index is 1120. The number of para-hydroxylation sites is 2. The van der Waals surface area contributed by atoms with E-state index in [1.54, 1.807) is 18.9 Å². The quantitative estimate of drug-likeness (QED) is 0.411. The number of hydrogen-bond donors (Lipinski definition) is 0. The fourth-order valence-electron chi connectivity index (χ4n) is 4.25. The first-order chi connectivity index (χ1) is 15.5. The number of carbonyl (C=O) groups excluding carboxylic acids is 2. The van der Waals surface area contributed by atoms with E-state index in [1.807, 2.05) is 53.1 Å². The lowest BCUT2D eigenvalue weighted by atomic mass is 9.89. The minimum atomic E-state index is -0.999. The Labute approximate surface area is 187 Å². The number of benzene rings is 2. The van der Waals surface area contributed by atoms with Crippen LogP contribution >= 0.6 is 0 Å². The van der Waals surface area contributed by atoms with Gasteiger partial charge in [-0.25, -0.2) is 4.98 Å². The van der Waals surface area contributed by atoms with Gasteiger partial charge in [0.15, 0.2) is 5.92 Å². The molecule has 3 aromatic rings. The van der Waals surface area contributed by atoms with Crippen LogP contribution in [0.4, 0.5) is 5.95 Å². The summed E-state index contributed by atoms with van der Waals surface area (Å²) in [4.78, 5) is 33.3. The van der Waals surface area contributed by atoms with Crippen molar-refractivity contribution in [2.24, 2.45) is 11.8 Å². The largest absolute Gasteiger partial charge is 0.497 e. The van der Waals surface area contributed by atoms with Crippen molar-refractivity contribution in [3.8, 4) is 5.75 Å². The van der Waals surface area contributed by atoms with Crippen molar-refractivity contribution in [1.82, 2.24) is 9.55 Å². The highest BCUT2D eigenvalue weighted by Crippen LogP contribution is 2.41. The van der Waals surface area contributed by atoms with Crippen molar-refractivity contribution < 1.29 is 19.1 Å². The maximum Gasteiger partial charge on any atom is 0.321 e. The molecule has 32 heavy (non-hydrogen) atoms. The normalized spacial score (nSPS) is 18.2. The lowest BCUT2D eigenvalue weighted by Crippen LogP contribution is -2.50. The van der Waals surface area contributed by atoms with Crippen molar-refractivity contribution in [2.75, 3.05) is 25.2 Å². The second kappa shape index (κ2) is 9.02. The number of aromatic nitrogens is 2. The molecule has 2 aromatic carbocycles. The lowest BCUT2D eigenvalue weighted by Gasteiger charge is -2.38. The number of imidazole rings is 1. The Balaban J connectivity index is 1.94. The van der Waals surface area contributed by atoms with Gasteiger partial charge < -0.3 is 14.0 Å². The third kappa shape index (κ3) is 3.83. The zero-order valence-electron chi connectivity index (χ0n) is 18.9. The number of ether oxygens (including phenoxy) is 2. The van der Waals surface area contributed by atoms with Gasteiger partial charge in [0, 0.05) is 6.54 Å². The van der Waals surface area contributed by atoms with Crippen LogP contribution in [0, 0.1) is 11.8 Å². The van der Waals surface area contributed by atoms with Crippen molar-refractivity contribution in [2.45, 2.75) is 33.2 Å². The van der Waals surface area contributed by atoms with Crippen molar-refractivity contribution in [1.29, 1.82) is 0 Å². The summed E-state index contributed by atoms with van der Waals surface area (Å²) in [7, 11) is 1.61. The SMILES string of the molecule is CCOC(=O)[C@@H]1C(=O)N(CCC(C)C)c2nc3ccccc3n2[C@H]1c1ccc(OC)cc1. The molecule has 0 N–H and O–H groups in total. The van der Waals surface area contributed by atoms with Crippen LogP contribution in [0.5, 0.6) is 5.75 Å². The molecule has 4 rings (SSSR count). The Kier molecular flexibility index (Phi) is 6.17. The molecule has 7 heteroatoms. The summed E-state index contributed by atoms with van der Waals surface area (Å²) in [6.07, 6.45) is 0.803. The molecule has 1 aromatic heterocycles. The second-order valence-corrected chi connectivity index (χ2v) is 8.39. The first kappa shape index (κ1) is 21.9. The molecular weight excluding hydrogens is 406 g/mol. The van der Waals surface area contributed by atoms with Gasteiger partial charge in [-0.1, -0.05) is 38.1 Å². The molecule has 0 spiro atoms. The lowest BCUT2D eigenvalue weighted by molar-refractivity contribution is -0.153. The molecule has 1 amide bonds. The van der Waals surface area contributed by atoms with E-state index in [-0.39, 0.29) is 12.5 Å². The van der Waals surface area contributed by atoms with Crippen LogP contribution in [0.15, 0.2) is 48.5 Å². The summed E-state index contributed by atoms with van der Waals surface area (Å²) in [5, 5.41) is 0. The fourth-order valence-corrected chi connectivity index (χ4v) is 4.25. The number of esters is 1. The zero-order valence-corrected chi connectivity index (χ0v) is 18.9. The maximum absolute atomic E-state index is 13.7. The monoisotopic (exact) mass is 435 g/mol. The zero-order chi connectivity index (χ0) is 22.8. The van der Waals surface area contributed by atoms with Crippen molar-refractivity contribution >= 4 is 28.9 Å².